The first kappa shape index (κ1) is 11.7. The van der Waals surface area contributed by atoms with Gasteiger partial charge in [-0.1, -0.05) is 19.9 Å². The van der Waals surface area contributed by atoms with Crippen molar-refractivity contribution < 1.29 is 14.3 Å². The number of carboxylic acids is 1. The Labute approximate surface area is 87.9 Å². The fraction of sp³-hybridized carbons (Fsp3) is 0.364. The summed E-state index contributed by atoms with van der Waals surface area (Å²) in [7, 11) is 0. The van der Waals surface area contributed by atoms with E-state index in [1.807, 2.05) is 13.8 Å². The minimum absolute atomic E-state index is 0.0168. The van der Waals surface area contributed by atoms with E-state index in [-0.39, 0.29) is 11.6 Å². The predicted octanol–water partition coefficient (Wildman–Crippen LogP) is 2.02. The van der Waals surface area contributed by atoms with Crippen LogP contribution in [-0.2, 0) is 6.54 Å². The number of halogens is 1. The highest BCUT2D eigenvalue weighted by Crippen LogP contribution is 2.11. The molecule has 2 N–H and O–H groups in total. The molecule has 1 aromatic carbocycles. The van der Waals surface area contributed by atoms with Crippen LogP contribution in [0.4, 0.5) is 4.39 Å². The molecule has 15 heavy (non-hydrogen) atoms. The molecule has 0 radical (unpaired) electrons. The van der Waals surface area contributed by atoms with Crippen molar-refractivity contribution in [3.8, 4) is 0 Å². The third-order valence-electron chi connectivity index (χ3n) is 2.00. The van der Waals surface area contributed by atoms with Gasteiger partial charge in [-0.15, -0.1) is 0 Å². The molecule has 82 valence electrons. The molecule has 0 aromatic heterocycles. The van der Waals surface area contributed by atoms with E-state index in [1.165, 1.54) is 12.1 Å². The summed E-state index contributed by atoms with van der Waals surface area (Å²) >= 11 is 0. The highest BCUT2D eigenvalue weighted by atomic mass is 19.1. The molecule has 0 unspecified atom stereocenters. The second-order valence-electron chi connectivity index (χ2n) is 3.64. The molecule has 4 heteroatoms. The van der Waals surface area contributed by atoms with Crippen molar-refractivity contribution in [2.24, 2.45) is 0 Å². The number of carbonyl (C=O) groups is 1. The van der Waals surface area contributed by atoms with Crippen molar-refractivity contribution in [2.75, 3.05) is 0 Å². The van der Waals surface area contributed by atoms with Crippen LogP contribution in [0.5, 0.6) is 0 Å². The van der Waals surface area contributed by atoms with Crippen molar-refractivity contribution in [3.63, 3.8) is 0 Å². The average Bonchev–Trinajstić information content (AvgIpc) is 2.15. The average molecular weight is 211 g/mol. The van der Waals surface area contributed by atoms with Gasteiger partial charge in [-0.25, -0.2) is 9.18 Å². The third-order valence-corrected chi connectivity index (χ3v) is 2.00. The van der Waals surface area contributed by atoms with E-state index in [0.29, 0.717) is 12.1 Å². The summed E-state index contributed by atoms with van der Waals surface area (Å²) < 4.78 is 12.8. The van der Waals surface area contributed by atoms with Crippen LogP contribution in [0, 0.1) is 5.82 Å². The number of aromatic carboxylic acids is 1. The minimum Gasteiger partial charge on any atom is -0.478 e. The molecule has 0 aliphatic rings. The maximum absolute atomic E-state index is 12.8. The molecule has 3 nitrogen and oxygen atoms in total. The summed E-state index contributed by atoms with van der Waals surface area (Å²) in [6, 6.07) is 4.06. The van der Waals surface area contributed by atoms with Crippen LogP contribution in [0.3, 0.4) is 0 Å². The number of nitrogens with one attached hydrogen (secondary N) is 1. The summed E-state index contributed by atoms with van der Waals surface area (Å²) in [5.74, 6) is -1.63. The fourth-order valence-corrected chi connectivity index (χ4v) is 1.22. The minimum atomic E-state index is -1.10. The van der Waals surface area contributed by atoms with Crippen LogP contribution in [-0.4, -0.2) is 17.1 Å². The van der Waals surface area contributed by atoms with Crippen molar-refractivity contribution in [2.45, 2.75) is 26.4 Å². The van der Waals surface area contributed by atoms with Gasteiger partial charge in [0.2, 0.25) is 0 Å². The fourth-order valence-electron chi connectivity index (χ4n) is 1.22. The molecular weight excluding hydrogens is 197 g/mol. The lowest BCUT2D eigenvalue weighted by Gasteiger charge is -2.10. The second kappa shape index (κ2) is 4.89. The summed E-state index contributed by atoms with van der Waals surface area (Å²) in [5.41, 5.74) is 0.612. The van der Waals surface area contributed by atoms with E-state index < -0.39 is 11.8 Å². The van der Waals surface area contributed by atoms with E-state index >= 15 is 0 Å². The van der Waals surface area contributed by atoms with E-state index in [0.717, 1.165) is 6.07 Å². The van der Waals surface area contributed by atoms with E-state index in [4.69, 9.17) is 5.11 Å². The highest BCUT2D eigenvalue weighted by Gasteiger charge is 2.10. The molecule has 0 bridgehead atoms. The summed E-state index contributed by atoms with van der Waals surface area (Å²) in [4.78, 5) is 10.8. The Balaban J connectivity index is 2.91. The molecule has 0 saturated heterocycles. The molecule has 0 heterocycles. The van der Waals surface area contributed by atoms with Gasteiger partial charge in [0.1, 0.15) is 5.82 Å². The van der Waals surface area contributed by atoms with Gasteiger partial charge in [-0.05, 0) is 17.7 Å². The summed E-state index contributed by atoms with van der Waals surface area (Å²) in [6.45, 7) is 4.35. The van der Waals surface area contributed by atoms with Crippen LogP contribution in [0.25, 0.3) is 0 Å². The first-order valence-electron chi connectivity index (χ1n) is 4.76. The largest absolute Gasteiger partial charge is 0.478 e. The van der Waals surface area contributed by atoms with Crippen molar-refractivity contribution in [3.05, 3.63) is 35.1 Å². The molecule has 0 aliphatic carbocycles. The monoisotopic (exact) mass is 211 g/mol. The molecule has 1 aromatic rings. The third kappa shape index (κ3) is 3.32. The first-order chi connectivity index (χ1) is 7.00. The number of rotatable bonds is 4. The molecule has 0 saturated carbocycles. The van der Waals surface area contributed by atoms with Crippen LogP contribution in [0.2, 0.25) is 0 Å². The van der Waals surface area contributed by atoms with Gasteiger partial charge >= 0.3 is 5.97 Å². The normalized spacial score (nSPS) is 10.7. The quantitative estimate of drug-likeness (QED) is 0.801. The van der Waals surface area contributed by atoms with Crippen LogP contribution >= 0.6 is 0 Å². The van der Waals surface area contributed by atoms with Gasteiger partial charge in [0.05, 0.1) is 5.56 Å². The van der Waals surface area contributed by atoms with E-state index in [2.05, 4.69) is 5.32 Å². The Bertz CT molecular complexity index is 364. The molecule has 1 rings (SSSR count). The lowest BCUT2D eigenvalue weighted by Crippen LogP contribution is -2.23. The molecule has 0 aliphatic heterocycles. The number of carboxylic acid groups (broad SMARTS) is 1. The zero-order chi connectivity index (χ0) is 11.4. The van der Waals surface area contributed by atoms with E-state index in [9.17, 15) is 9.18 Å². The van der Waals surface area contributed by atoms with Gasteiger partial charge in [0.15, 0.2) is 0 Å². The van der Waals surface area contributed by atoms with Crippen molar-refractivity contribution >= 4 is 5.97 Å². The second-order valence-corrected chi connectivity index (χ2v) is 3.64. The van der Waals surface area contributed by atoms with Crippen molar-refractivity contribution in [1.29, 1.82) is 0 Å². The summed E-state index contributed by atoms with van der Waals surface area (Å²) in [5, 5.41) is 12.0. The van der Waals surface area contributed by atoms with E-state index in [1.54, 1.807) is 0 Å². The lowest BCUT2D eigenvalue weighted by atomic mass is 10.1. The Morgan fingerprint density at radius 2 is 2.20 bits per heavy atom. The topological polar surface area (TPSA) is 49.3 Å². The van der Waals surface area contributed by atoms with Crippen LogP contribution < -0.4 is 5.32 Å². The van der Waals surface area contributed by atoms with Gasteiger partial charge in [-0.3, -0.25) is 0 Å². The standard InChI is InChI=1S/C11H14FNO2/c1-7(2)13-6-8-3-4-9(12)5-10(8)11(14)15/h3-5,7,13H,6H2,1-2H3,(H,14,15). The Hall–Kier alpha value is -1.42. The molecule has 0 amide bonds. The molecule has 0 spiro atoms. The molecule has 0 atom stereocenters. The predicted molar refractivity (Wildman–Crippen MR) is 55.3 cm³/mol. The van der Waals surface area contributed by atoms with Gasteiger partial charge in [0, 0.05) is 12.6 Å². The van der Waals surface area contributed by atoms with Gasteiger partial charge in [0.25, 0.3) is 0 Å². The maximum atomic E-state index is 12.8. The zero-order valence-electron chi connectivity index (χ0n) is 8.75. The molecule has 0 fully saturated rings. The Morgan fingerprint density at radius 3 is 2.73 bits per heavy atom. The van der Waals surface area contributed by atoms with Crippen molar-refractivity contribution in [1.82, 2.24) is 5.32 Å². The molecular formula is C11H14FNO2. The zero-order valence-corrected chi connectivity index (χ0v) is 8.75. The SMILES string of the molecule is CC(C)NCc1ccc(F)cc1C(=O)O. The van der Waals surface area contributed by atoms with Crippen LogP contribution in [0.1, 0.15) is 29.8 Å². The number of benzene rings is 1. The smallest absolute Gasteiger partial charge is 0.336 e. The number of hydrogen-bond acceptors (Lipinski definition) is 2. The summed E-state index contributed by atoms with van der Waals surface area (Å²) in [6.07, 6.45) is 0. The highest BCUT2D eigenvalue weighted by molar-refractivity contribution is 5.89. The first-order valence-corrected chi connectivity index (χ1v) is 4.76. The van der Waals surface area contributed by atoms with Gasteiger partial charge in [-0.2, -0.15) is 0 Å². The maximum Gasteiger partial charge on any atom is 0.336 e. The van der Waals surface area contributed by atoms with Gasteiger partial charge < -0.3 is 10.4 Å². The number of hydrogen-bond donors (Lipinski definition) is 2. The lowest BCUT2D eigenvalue weighted by molar-refractivity contribution is 0.0695. The Kier molecular flexibility index (Phi) is 3.80. The Morgan fingerprint density at radius 1 is 1.53 bits per heavy atom. The van der Waals surface area contributed by atoms with Crippen LogP contribution in [0.15, 0.2) is 18.2 Å².